The van der Waals surface area contributed by atoms with Gasteiger partial charge in [-0.15, -0.1) is 0 Å². The predicted molar refractivity (Wildman–Crippen MR) is 89.9 cm³/mol. The van der Waals surface area contributed by atoms with Crippen LogP contribution in [0.3, 0.4) is 0 Å². The first-order chi connectivity index (χ1) is 11.1. The molecule has 3 rings (SSSR count). The number of aryl methyl sites for hydroxylation is 1. The molecule has 0 amide bonds. The summed E-state index contributed by atoms with van der Waals surface area (Å²) in [7, 11) is 0. The summed E-state index contributed by atoms with van der Waals surface area (Å²) in [6.07, 6.45) is 0. The molecule has 0 aliphatic rings. The summed E-state index contributed by atoms with van der Waals surface area (Å²) >= 11 is 6.19. The van der Waals surface area contributed by atoms with Gasteiger partial charge in [-0.1, -0.05) is 48.0 Å². The second kappa shape index (κ2) is 6.67. The number of hydrogen-bond acceptors (Lipinski definition) is 3. The minimum Gasteiger partial charge on any atom is -0.430 e. The Hall–Kier alpha value is -2.59. The summed E-state index contributed by atoms with van der Waals surface area (Å²) in [4.78, 5) is 16.8. The van der Waals surface area contributed by atoms with Crippen LogP contribution in [-0.2, 0) is 6.54 Å². The molecule has 5 heteroatoms. The molecular weight excluding hydrogens is 312 g/mol. The maximum absolute atomic E-state index is 12.4. The maximum Gasteiger partial charge on any atom is 0.305 e. The Morgan fingerprint density at radius 1 is 1.09 bits per heavy atom. The Balaban J connectivity index is 2.15. The summed E-state index contributed by atoms with van der Waals surface area (Å²) in [5, 5.41) is 0.602. The van der Waals surface area contributed by atoms with E-state index < -0.39 is 0 Å². The normalized spacial score (nSPS) is 11.7. The van der Waals surface area contributed by atoms with E-state index >= 15 is 0 Å². The molecule has 0 saturated heterocycles. The van der Waals surface area contributed by atoms with Crippen molar-refractivity contribution in [2.24, 2.45) is 4.99 Å². The van der Waals surface area contributed by atoms with E-state index in [1.54, 1.807) is 13.0 Å². The zero-order chi connectivity index (χ0) is 16.2. The van der Waals surface area contributed by atoms with Crippen LogP contribution >= 0.6 is 11.6 Å². The molecule has 0 bridgehead atoms. The van der Waals surface area contributed by atoms with Gasteiger partial charge in [-0.25, -0.2) is 0 Å². The molecule has 0 spiro atoms. The second-order valence-corrected chi connectivity index (χ2v) is 5.51. The quantitative estimate of drug-likeness (QED) is 0.737. The molecular formula is C18H15ClN2O2. The summed E-state index contributed by atoms with van der Waals surface area (Å²) in [5.41, 5.74) is 1.62. The standard InChI is InChI=1S/C18H15ClN2O2/c1-13-11-17(22)21(12-14-7-5-6-10-16(14)19)18(23-13)20-15-8-3-2-4-9-15/h2-11H,12H2,1H3. The van der Waals surface area contributed by atoms with Gasteiger partial charge in [0.2, 0.25) is 0 Å². The minimum absolute atomic E-state index is 0.177. The molecule has 4 nitrogen and oxygen atoms in total. The van der Waals surface area contributed by atoms with E-state index in [0.29, 0.717) is 23.0 Å². The lowest BCUT2D eigenvalue weighted by molar-refractivity contribution is 0.395. The summed E-state index contributed by atoms with van der Waals surface area (Å²) in [6, 6.07) is 18.2. The van der Waals surface area contributed by atoms with Gasteiger partial charge < -0.3 is 4.42 Å². The maximum atomic E-state index is 12.4. The van der Waals surface area contributed by atoms with E-state index in [4.69, 9.17) is 16.0 Å². The van der Waals surface area contributed by atoms with E-state index in [9.17, 15) is 4.79 Å². The highest BCUT2D eigenvalue weighted by atomic mass is 35.5. The fourth-order valence-electron chi connectivity index (χ4n) is 2.21. The monoisotopic (exact) mass is 326 g/mol. The van der Waals surface area contributed by atoms with Crippen LogP contribution in [0.4, 0.5) is 5.69 Å². The molecule has 23 heavy (non-hydrogen) atoms. The highest BCUT2D eigenvalue weighted by Crippen LogP contribution is 2.15. The topological polar surface area (TPSA) is 47.5 Å². The Bertz CT molecular complexity index is 943. The Labute approximate surface area is 138 Å². The van der Waals surface area contributed by atoms with Gasteiger partial charge in [-0.05, 0) is 30.7 Å². The Morgan fingerprint density at radius 3 is 2.52 bits per heavy atom. The third-order valence-electron chi connectivity index (χ3n) is 3.34. The molecule has 0 saturated carbocycles. The summed E-state index contributed by atoms with van der Waals surface area (Å²) in [6.45, 7) is 2.03. The first kappa shape index (κ1) is 15.3. The minimum atomic E-state index is -0.177. The molecule has 3 aromatic rings. The molecule has 0 radical (unpaired) electrons. The van der Waals surface area contributed by atoms with E-state index in [1.165, 1.54) is 10.6 Å². The molecule has 0 unspecified atom stereocenters. The summed E-state index contributed by atoms with van der Waals surface area (Å²) < 4.78 is 7.13. The van der Waals surface area contributed by atoms with E-state index in [0.717, 1.165) is 5.56 Å². The second-order valence-electron chi connectivity index (χ2n) is 5.10. The van der Waals surface area contributed by atoms with E-state index in [1.807, 2.05) is 48.5 Å². The lowest BCUT2D eigenvalue weighted by Crippen LogP contribution is -2.33. The fraction of sp³-hybridized carbons (Fsp3) is 0.111. The van der Waals surface area contributed by atoms with Gasteiger partial charge >= 0.3 is 5.68 Å². The van der Waals surface area contributed by atoms with Gasteiger partial charge in [0.1, 0.15) is 5.76 Å². The van der Waals surface area contributed by atoms with E-state index in [2.05, 4.69) is 4.99 Å². The van der Waals surface area contributed by atoms with Gasteiger partial charge in [0.05, 0.1) is 12.2 Å². The number of benzene rings is 2. The molecule has 2 aromatic carbocycles. The molecule has 0 atom stereocenters. The average Bonchev–Trinajstić information content (AvgIpc) is 2.53. The molecule has 0 fully saturated rings. The number of halogens is 1. The zero-order valence-corrected chi connectivity index (χ0v) is 13.3. The van der Waals surface area contributed by atoms with Crippen LogP contribution in [0.15, 0.2) is 74.9 Å². The first-order valence-corrected chi connectivity index (χ1v) is 7.56. The smallest absolute Gasteiger partial charge is 0.305 e. The predicted octanol–water partition coefficient (Wildman–Crippen LogP) is 3.68. The van der Waals surface area contributed by atoms with Crippen molar-refractivity contribution in [2.45, 2.75) is 13.5 Å². The van der Waals surface area contributed by atoms with Crippen LogP contribution in [0.1, 0.15) is 11.3 Å². The number of nitrogens with zero attached hydrogens (tertiary/aromatic N) is 2. The first-order valence-electron chi connectivity index (χ1n) is 7.18. The SMILES string of the molecule is Cc1cc(=O)n(Cc2ccccc2Cl)c(=Nc2ccccc2)o1. The summed E-state index contributed by atoms with van der Waals surface area (Å²) in [5.74, 6) is 0.514. The third-order valence-corrected chi connectivity index (χ3v) is 3.71. The fourth-order valence-corrected chi connectivity index (χ4v) is 2.41. The van der Waals surface area contributed by atoms with Crippen LogP contribution in [0.2, 0.25) is 5.02 Å². The van der Waals surface area contributed by atoms with Crippen molar-refractivity contribution in [1.29, 1.82) is 0 Å². The van der Waals surface area contributed by atoms with Crippen molar-refractivity contribution >= 4 is 17.3 Å². The zero-order valence-electron chi connectivity index (χ0n) is 12.6. The highest BCUT2D eigenvalue weighted by Gasteiger charge is 2.07. The van der Waals surface area contributed by atoms with Crippen molar-refractivity contribution in [3.05, 3.63) is 93.0 Å². The van der Waals surface area contributed by atoms with Crippen molar-refractivity contribution in [2.75, 3.05) is 0 Å². The van der Waals surface area contributed by atoms with Gasteiger partial charge in [0.15, 0.2) is 0 Å². The number of rotatable bonds is 3. The van der Waals surface area contributed by atoms with Crippen molar-refractivity contribution in [3.8, 4) is 0 Å². The largest absolute Gasteiger partial charge is 0.430 e. The van der Waals surface area contributed by atoms with Crippen LogP contribution in [0, 0.1) is 6.92 Å². The van der Waals surface area contributed by atoms with E-state index in [-0.39, 0.29) is 11.2 Å². The highest BCUT2D eigenvalue weighted by molar-refractivity contribution is 6.31. The molecule has 116 valence electrons. The van der Waals surface area contributed by atoms with Gasteiger partial charge in [0.25, 0.3) is 5.56 Å². The lowest BCUT2D eigenvalue weighted by Gasteiger charge is -2.08. The molecule has 1 heterocycles. The van der Waals surface area contributed by atoms with Crippen LogP contribution in [0.5, 0.6) is 0 Å². The number of para-hydroxylation sites is 1. The van der Waals surface area contributed by atoms with Crippen LogP contribution in [-0.4, -0.2) is 4.57 Å². The Kier molecular flexibility index (Phi) is 4.44. The molecule has 0 aliphatic heterocycles. The molecule has 0 aliphatic carbocycles. The van der Waals surface area contributed by atoms with Gasteiger partial charge in [-0.2, -0.15) is 4.99 Å². The number of aromatic nitrogens is 1. The van der Waals surface area contributed by atoms with Gasteiger partial charge in [0, 0.05) is 11.1 Å². The van der Waals surface area contributed by atoms with Crippen molar-refractivity contribution in [3.63, 3.8) is 0 Å². The van der Waals surface area contributed by atoms with Crippen molar-refractivity contribution in [1.82, 2.24) is 4.57 Å². The molecule has 0 N–H and O–H groups in total. The third kappa shape index (κ3) is 3.60. The lowest BCUT2D eigenvalue weighted by atomic mass is 10.2. The number of hydrogen-bond donors (Lipinski definition) is 0. The Morgan fingerprint density at radius 2 is 1.78 bits per heavy atom. The average molecular weight is 327 g/mol. The van der Waals surface area contributed by atoms with Crippen LogP contribution in [0.25, 0.3) is 0 Å². The molecule has 1 aromatic heterocycles. The van der Waals surface area contributed by atoms with Crippen molar-refractivity contribution < 1.29 is 4.42 Å². The van der Waals surface area contributed by atoms with Crippen LogP contribution < -0.4 is 11.2 Å². The van der Waals surface area contributed by atoms with Gasteiger partial charge in [-0.3, -0.25) is 9.36 Å².